The van der Waals surface area contributed by atoms with Crippen LogP contribution in [0.15, 0.2) is 24.4 Å². The summed E-state index contributed by atoms with van der Waals surface area (Å²) in [5, 5.41) is 0. The van der Waals surface area contributed by atoms with E-state index in [1.807, 2.05) is 25.1 Å². The molecule has 1 amide bonds. The zero-order valence-electron chi connectivity index (χ0n) is 13.4. The number of hydrogen-bond donors (Lipinski definition) is 1. The largest absolute Gasteiger partial charge is 0.353 e. The van der Waals surface area contributed by atoms with E-state index in [4.69, 9.17) is 0 Å². The number of aromatic nitrogens is 1. The van der Waals surface area contributed by atoms with Gasteiger partial charge in [-0.05, 0) is 18.6 Å². The van der Waals surface area contributed by atoms with Crippen LogP contribution in [-0.2, 0) is 14.8 Å². The number of nitrogens with zero attached hydrogens (tertiary/aromatic N) is 3. The lowest BCUT2D eigenvalue weighted by Crippen LogP contribution is -2.51. The van der Waals surface area contributed by atoms with Gasteiger partial charge in [-0.25, -0.2) is 18.1 Å². The van der Waals surface area contributed by atoms with Gasteiger partial charge < -0.3 is 9.80 Å². The van der Waals surface area contributed by atoms with Crippen LogP contribution in [0.1, 0.15) is 19.8 Å². The van der Waals surface area contributed by atoms with Crippen molar-refractivity contribution in [2.75, 3.05) is 43.4 Å². The van der Waals surface area contributed by atoms with Crippen LogP contribution >= 0.6 is 0 Å². The standard InChI is InChI=1S/C15H24N4O3S/c1-2-3-12-23(21,22)17-13-15(20)19-10-8-18(9-11-19)14-6-4-5-7-16-14/h4-7,17H,2-3,8-13H2,1H3. The van der Waals surface area contributed by atoms with Crippen LogP contribution in [0.4, 0.5) is 5.82 Å². The van der Waals surface area contributed by atoms with Crippen molar-refractivity contribution in [3.8, 4) is 0 Å². The van der Waals surface area contributed by atoms with Gasteiger partial charge >= 0.3 is 0 Å². The molecule has 0 aliphatic carbocycles. The molecule has 2 heterocycles. The lowest BCUT2D eigenvalue weighted by Gasteiger charge is -2.35. The first kappa shape index (κ1) is 17.7. The van der Waals surface area contributed by atoms with Gasteiger partial charge in [0.15, 0.2) is 0 Å². The molecule has 8 heteroatoms. The van der Waals surface area contributed by atoms with Gasteiger partial charge in [-0.15, -0.1) is 0 Å². The minimum absolute atomic E-state index is 0.0736. The van der Waals surface area contributed by atoms with Crippen molar-refractivity contribution in [1.29, 1.82) is 0 Å². The molecule has 1 aromatic rings. The Morgan fingerprint density at radius 1 is 1.26 bits per heavy atom. The van der Waals surface area contributed by atoms with E-state index in [9.17, 15) is 13.2 Å². The minimum atomic E-state index is -3.35. The zero-order valence-corrected chi connectivity index (χ0v) is 14.3. The molecule has 0 saturated carbocycles. The van der Waals surface area contributed by atoms with Crippen LogP contribution < -0.4 is 9.62 Å². The summed E-state index contributed by atoms with van der Waals surface area (Å²) in [7, 11) is -3.35. The third kappa shape index (κ3) is 5.47. The number of carbonyl (C=O) groups excluding carboxylic acids is 1. The topological polar surface area (TPSA) is 82.6 Å². The van der Waals surface area contributed by atoms with Crippen LogP contribution in [0, 0.1) is 0 Å². The van der Waals surface area contributed by atoms with Crippen LogP contribution in [0.25, 0.3) is 0 Å². The second kappa shape index (κ2) is 8.26. The monoisotopic (exact) mass is 340 g/mol. The number of nitrogens with one attached hydrogen (secondary N) is 1. The fraction of sp³-hybridized carbons (Fsp3) is 0.600. The average molecular weight is 340 g/mol. The summed E-state index contributed by atoms with van der Waals surface area (Å²) >= 11 is 0. The Labute approximate surface area is 137 Å². The Hall–Kier alpha value is -1.67. The predicted octanol–water partition coefficient (Wildman–Crippen LogP) is 0.450. The maximum absolute atomic E-state index is 12.1. The third-order valence-corrected chi connectivity index (χ3v) is 5.23. The number of carbonyl (C=O) groups is 1. The summed E-state index contributed by atoms with van der Waals surface area (Å²) in [5.74, 6) is 0.801. The van der Waals surface area contributed by atoms with E-state index in [0.29, 0.717) is 32.6 Å². The fourth-order valence-electron chi connectivity index (χ4n) is 2.42. The SMILES string of the molecule is CCCCS(=O)(=O)NCC(=O)N1CCN(c2ccccn2)CC1. The highest BCUT2D eigenvalue weighted by Crippen LogP contribution is 2.12. The van der Waals surface area contributed by atoms with Crippen LogP contribution in [-0.4, -0.2) is 62.7 Å². The number of sulfonamides is 1. The van der Waals surface area contributed by atoms with Crippen LogP contribution in [0.3, 0.4) is 0 Å². The van der Waals surface area contributed by atoms with E-state index in [1.165, 1.54) is 0 Å². The van der Waals surface area contributed by atoms with Gasteiger partial charge in [-0.3, -0.25) is 4.79 Å². The van der Waals surface area contributed by atoms with E-state index >= 15 is 0 Å². The Bertz CT molecular complexity index is 598. The highest BCUT2D eigenvalue weighted by atomic mass is 32.2. The zero-order chi connectivity index (χ0) is 16.7. The molecule has 23 heavy (non-hydrogen) atoms. The van der Waals surface area contributed by atoms with Gasteiger partial charge in [-0.1, -0.05) is 19.4 Å². The normalized spacial score (nSPS) is 15.7. The molecule has 0 atom stereocenters. The lowest BCUT2D eigenvalue weighted by molar-refractivity contribution is -0.130. The van der Waals surface area contributed by atoms with E-state index in [1.54, 1.807) is 11.1 Å². The number of anilines is 1. The fourth-order valence-corrected chi connectivity index (χ4v) is 3.57. The Balaban J connectivity index is 1.78. The molecule has 128 valence electrons. The molecule has 0 radical (unpaired) electrons. The highest BCUT2D eigenvalue weighted by Gasteiger charge is 2.22. The first-order valence-electron chi connectivity index (χ1n) is 7.93. The Morgan fingerprint density at radius 3 is 2.61 bits per heavy atom. The van der Waals surface area contributed by atoms with Gasteiger partial charge in [0.1, 0.15) is 5.82 Å². The van der Waals surface area contributed by atoms with Crippen molar-refractivity contribution < 1.29 is 13.2 Å². The Morgan fingerprint density at radius 2 is 2.00 bits per heavy atom. The molecule has 1 fully saturated rings. The summed E-state index contributed by atoms with van der Waals surface area (Å²) in [5.41, 5.74) is 0. The number of pyridine rings is 1. The van der Waals surface area contributed by atoms with E-state index < -0.39 is 10.0 Å². The quantitative estimate of drug-likeness (QED) is 0.779. The number of amides is 1. The van der Waals surface area contributed by atoms with Crippen molar-refractivity contribution in [3.63, 3.8) is 0 Å². The average Bonchev–Trinajstić information content (AvgIpc) is 2.59. The second-order valence-corrected chi connectivity index (χ2v) is 7.48. The highest BCUT2D eigenvalue weighted by molar-refractivity contribution is 7.89. The maximum atomic E-state index is 12.1. The molecule has 0 bridgehead atoms. The van der Waals surface area contributed by atoms with Crippen LogP contribution in [0.2, 0.25) is 0 Å². The molecule has 7 nitrogen and oxygen atoms in total. The number of unbranched alkanes of at least 4 members (excludes halogenated alkanes) is 1. The first-order chi connectivity index (χ1) is 11.0. The smallest absolute Gasteiger partial charge is 0.237 e. The first-order valence-corrected chi connectivity index (χ1v) is 9.58. The van der Waals surface area contributed by atoms with Crippen molar-refractivity contribution >= 4 is 21.7 Å². The molecule has 1 aliphatic rings. The number of piperazine rings is 1. The van der Waals surface area contributed by atoms with E-state index in [0.717, 1.165) is 12.2 Å². The second-order valence-electron chi connectivity index (χ2n) is 5.55. The van der Waals surface area contributed by atoms with Gasteiger partial charge in [0.05, 0.1) is 12.3 Å². The summed E-state index contributed by atoms with van der Waals surface area (Å²) in [6.45, 7) is 4.33. The lowest BCUT2D eigenvalue weighted by atomic mass is 10.3. The van der Waals surface area contributed by atoms with E-state index in [2.05, 4.69) is 14.6 Å². The molecule has 1 aliphatic heterocycles. The molecule has 1 N–H and O–H groups in total. The summed E-state index contributed by atoms with van der Waals surface area (Å²) in [4.78, 5) is 20.2. The molecule has 2 rings (SSSR count). The molecule has 1 aromatic heterocycles. The van der Waals surface area contributed by atoms with E-state index in [-0.39, 0.29) is 18.2 Å². The molecule has 0 spiro atoms. The number of hydrogen-bond acceptors (Lipinski definition) is 5. The van der Waals surface area contributed by atoms with Crippen molar-refractivity contribution in [1.82, 2.24) is 14.6 Å². The van der Waals surface area contributed by atoms with Crippen LogP contribution in [0.5, 0.6) is 0 Å². The molecular formula is C15H24N4O3S. The van der Waals surface area contributed by atoms with Crippen molar-refractivity contribution in [3.05, 3.63) is 24.4 Å². The minimum Gasteiger partial charge on any atom is -0.353 e. The molecule has 0 unspecified atom stereocenters. The van der Waals surface area contributed by atoms with Gasteiger partial charge in [0, 0.05) is 32.4 Å². The third-order valence-electron chi connectivity index (χ3n) is 3.82. The predicted molar refractivity (Wildman–Crippen MR) is 89.7 cm³/mol. The summed E-state index contributed by atoms with van der Waals surface area (Å²) < 4.78 is 25.8. The van der Waals surface area contributed by atoms with Gasteiger partial charge in [0.2, 0.25) is 15.9 Å². The van der Waals surface area contributed by atoms with Crippen molar-refractivity contribution in [2.24, 2.45) is 0 Å². The molecule has 1 saturated heterocycles. The summed E-state index contributed by atoms with van der Waals surface area (Å²) in [6, 6.07) is 5.75. The van der Waals surface area contributed by atoms with Gasteiger partial charge in [-0.2, -0.15) is 0 Å². The molecule has 0 aromatic carbocycles. The molecular weight excluding hydrogens is 316 g/mol. The maximum Gasteiger partial charge on any atom is 0.237 e. The summed E-state index contributed by atoms with van der Waals surface area (Å²) in [6.07, 6.45) is 3.16. The number of rotatable bonds is 7. The Kier molecular flexibility index (Phi) is 6.35. The van der Waals surface area contributed by atoms with Gasteiger partial charge in [0.25, 0.3) is 0 Å². The van der Waals surface area contributed by atoms with Crippen molar-refractivity contribution in [2.45, 2.75) is 19.8 Å².